The summed E-state index contributed by atoms with van der Waals surface area (Å²) in [5, 5.41) is 2.64. The van der Waals surface area contributed by atoms with Gasteiger partial charge in [-0.1, -0.05) is 6.07 Å². The number of ether oxygens (including phenoxy) is 1. The quantitative estimate of drug-likeness (QED) is 0.891. The number of nitrogens with zero attached hydrogens (tertiary/aromatic N) is 1. The van der Waals surface area contributed by atoms with Crippen LogP contribution in [0.3, 0.4) is 0 Å². The number of carbonyl (C=O) groups is 1. The lowest BCUT2D eigenvalue weighted by atomic mass is 10.1. The average molecular weight is 322 g/mol. The van der Waals surface area contributed by atoms with Crippen LogP contribution < -0.4 is 10.1 Å². The van der Waals surface area contributed by atoms with E-state index in [4.69, 9.17) is 4.74 Å². The third-order valence-electron chi connectivity index (χ3n) is 3.46. The monoisotopic (exact) mass is 322 g/mol. The fraction of sp³-hybridized carbons (Fsp3) is 0.353. The number of benzene rings is 1. The fourth-order valence-corrected chi connectivity index (χ4v) is 2.32. The number of hydrogen-bond acceptors (Lipinski definition) is 2. The molecule has 1 amide bonds. The molecule has 4 nitrogen and oxygen atoms in total. The van der Waals surface area contributed by atoms with Crippen molar-refractivity contribution in [3.05, 3.63) is 47.3 Å². The maximum absolute atomic E-state index is 13.2. The van der Waals surface area contributed by atoms with Gasteiger partial charge in [-0.05, 0) is 32.9 Å². The number of alkyl halides is 2. The summed E-state index contributed by atoms with van der Waals surface area (Å²) in [6.45, 7) is 5.36. The smallest absolute Gasteiger partial charge is 0.266 e. The predicted molar refractivity (Wildman–Crippen MR) is 85.3 cm³/mol. The lowest BCUT2D eigenvalue weighted by Gasteiger charge is -2.11. The molecule has 1 aromatic carbocycles. The van der Waals surface area contributed by atoms with Crippen molar-refractivity contribution in [2.24, 2.45) is 7.05 Å². The minimum absolute atomic E-state index is 0.00293. The molecule has 0 radical (unpaired) electrons. The fourth-order valence-electron chi connectivity index (χ4n) is 2.32. The topological polar surface area (TPSA) is 43.3 Å². The number of nitrogens with one attached hydrogen (secondary N) is 1. The summed E-state index contributed by atoms with van der Waals surface area (Å²) in [6.07, 6.45) is -1.28. The molecule has 1 N–H and O–H groups in total. The lowest BCUT2D eigenvalue weighted by Crippen LogP contribution is -2.13. The molecule has 0 unspecified atom stereocenters. The van der Waals surface area contributed by atoms with Crippen molar-refractivity contribution in [3.8, 4) is 5.75 Å². The number of aromatic nitrogens is 1. The normalized spacial score (nSPS) is 11.1. The lowest BCUT2D eigenvalue weighted by molar-refractivity contribution is 0.101. The molecule has 0 spiro atoms. The summed E-state index contributed by atoms with van der Waals surface area (Å²) in [7, 11) is 1.63. The maximum atomic E-state index is 13.2. The zero-order valence-electron chi connectivity index (χ0n) is 13.6. The summed E-state index contributed by atoms with van der Waals surface area (Å²) < 4.78 is 33.5. The molecule has 1 heterocycles. The minimum Gasteiger partial charge on any atom is -0.491 e. The van der Waals surface area contributed by atoms with Crippen LogP contribution in [0.5, 0.6) is 5.75 Å². The minimum atomic E-state index is -2.70. The number of halogens is 2. The number of aryl methyl sites for hydroxylation is 1. The van der Waals surface area contributed by atoms with Gasteiger partial charge in [0.15, 0.2) is 0 Å². The van der Waals surface area contributed by atoms with Crippen LogP contribution in [0.4, 0.5) is 14.5 Å². The molecule has 23 heavy (non-hydrogen) atoms. The highest BCUT2D eigenvalue weighted by atomic mass is 19.3. The van der Waals surface area contributed by atoms with Gasteiger partial charge in [-0.3, -0.25) is 4.79 Å². The molecule has 1 aromatic heterocycles. The Morgan fingerprint density at radius 3 is 2.61 bits per heavy atom. The van der Waals surface area contributed by atoms with Crippen molar-refractivity contribution >= 4 is 11.6 Å². The van der Waals surface area contributed by atoms with Gasteiger partial charge in [0.25, 0.3) is 12.3 Å². The molecule has 0 saturated heterocycles. The molecule has 0 atom stereocenters. The van der Waals surface area contributed by atoms with Crippen LogP contribution in [0.15, 0.2) is 30.5 Å². The largest absolute Gasteiger partial charge is 0.491 e. The third-order valence-corrected chi connectivity index (χ3v) is 3.46. The van der Waals surface area contributed by atoms with Gasteiger partial charge >= 0.3 is 0 Å². The van der Waals surface area contributed by atoms with Crippen LogP contribution in [-0.2, 0) is 7.05 Å². The second-order valence-electron chi connectivity index (χ2n) is 5.60. The molecular formula is C17H20F2N2O2. The van der Waals surface area contributed by atoms with E-state index in [2.05, 4.69) is 5.32 Å². The average Bonchev–Trinajstić information content (AvgIpc) is 2.74. The molecule has 0 aliphatic rings. The molecule has 0 aliphatic heterocycles. The molecule has 2 rings (SSSR count). The molecule has 0 fully saturated rings. The van der Waals surface area contributed by atoms with Crippen LogP contribution in [0.25, 0.3) is 0 Å². The number of hydrogen-bond donors (Lipinski definition) is 1. The molecule has 124 valence electrons. The van der Waals surface area contributed by atoms with E-state index in [1.54, 1.807) is 38.2 Å². The van der Waals surface area contributed by atoms with Crippen molar-refractivity contribution in [2.45, 2.75) is 33.3 Å². The van der Waals surface area contributed by atoms with Crippen molar-refractivity contribution in [2.75, 3.05) is 5.32 Å². The van der Waals surface area contributed by atoms with Gasteiger partial charge in [0.1, 0.15) is 5.75 Å². The van der Waals surface area contributed by atoms with Crippen LogP contribution in [0.1, 0.15) is 41.9 Å². The van der Waals surface area contributed by atoms with Gasteiger partial charge in [0.2, 0.25) is 0 Å². The molecule has 6 heteroatoms. The highest BCUT2D eigenvalue weighted by Gasteiger charge is 2.24. The zero-order valence-corrected chi connectivity index (χ0v) is 13.6. The van der Waals surface area contributed by atoms with Gasteiger partial charge in [-0.2, -0.15) is 0 Å². The zero-order chi connectivity index (χ0) is 17.1. The van der Waals surface area contributed by atoms with Crippen LogP contribution >= 0.6 is 0 Å². The summed E-state index contributed by atoms with van der Waals surface area (Å²) in [5.41, 5.74) is 0.617. The number of carbonyl (C=O) groups excluding carboxylic acids is 1. The second-order valence-corrected chi connectivity index (χ2v) is 5.60. The number of amides is 1. The van der Waals surface area contributed by atoms with Crippen LogP contribution in [0, 0.1) is 6.92 Å². The first-order valence-corrected chi connectivity index (χ1v) is 7.31. The molecule has 0 bridgehead atoms. The van der Waals surface area contributed by atoms with E-state index in [0.29, 0.717) is 17.1 Å². The Bertz CT molecular complexity index is 709. The van der Waals surface area contributed by atoms with E-state index in [9.17, 15) is 13.6 Å². The highest BCUT2D eigenvalue weighted by molar-refractivity contribution is 6.05. The van der Waals surface area contributed by atoms with Gasteiger partial charge in [0.05, 0.1) is 17.2 Å². The van der Waals surface area contributed by atoms with E-state index in [1.807, 2.05) is 13.8 Å². The summed E-state index contributed by atoms with van der Waals surface area (Å²) in [6, 6.07) is 6.85. The molecule has 0 aliphatic carbocycles. The summed E-state index contributed by atoms with van der Waals surface area (Å²) >= 11 is 0. The van der Waals surface area contributed by atoms with Crippen molar-refractivity contribution in [1.29, 1.82) is 0 Å². The van der Waals surface area contributed by atoms with E-state index in [-0.39, 0.29) is 17.2 Å². The van der Waals surface area contributed by atoms with Crippen LogP contribution in [0.2, 0.25) is 0 Å². The van der Waals surface area contributed by atoms with Gasteiger partial charge in [-0.15, -0.1) is 0 Å². The van der Waals surface area contributed by atoms with Gasteiger partial charge in [-0.25, -0.2) is 8.78 Å². The second kappa shape index (κ2) is 6.81. The van der Waals surface area contributed by atoms with Gasteiger partial charge < -0.3 is 14.6 Å². The summed E-state index contributed by atoms with van der Waals surface area (Å²) in [5.74, 6) is 0.0434. The highest BCUT2D eigenvalue weighted by Crippen LogP contribution is 2.28. The Hall–Kier alpha value is -2.37. The standard InChI is InChI=1S/C17H20F2N2O2/c1-10(2)23-13-7-5-6-12(8-13)20-17(22)14-9-21(4)11(3)15(14)16(18)19/h5-10,16H,1-4H3,(H,20,22). The summed E-state index contributed by atoms with van der Waals surface area (Å²) in [4.78, 5) is 12.3. The Kier molecular flexibility index (Phi) is 5.03. The van der Waals surface area contributed by atoms with Crippen molar-refractivity contribution < 1.29 is 18.3 Å². The van der Waals surface area contributed by atoms with Crippen molar-refractivity contribution in [1.82, 2.24) is 4.57 Å². The van der Waals surface area contributed by atoms with E-state index < -0.39 is 12.3 Å². The number of rotatable bonds is 5. The van der Waals surface area contributed by atoms with Gasteiger partial charge in [0, 0.05) is 30.7 Å². The Balaban J connectivity index is 2.25. The molecule has 0 saturated carbocycles. The Morgan fingerprint density at radius 1 is 1.30 bits per heavy atom. The SMILES string of the molecule is Cc1c(C(F)F)c(C(=O)Nc2cccc(OC(C)C)c2)cn1C. The predicted octanol–water partition coefficient (Wildman–Crippen LogP) is 4.31. The van der Waals surface area contributed by atoms with Crippen molar-refractivity contribution in [3.63, 3.8) is 0 Å². The first-order chi connectivity index (χ1) is 10.8. The van der Waals surface area contributed by atoms with E-state index in [1.165, 1.54) is 10.8 Å². The first-order valence-electron chi connectivity index (χ1n) is 7.31. The molecular weight excluding hydrogens is 302 g/mol. The van der Waals surface area contributed by atoms with E-state index in [0.717, 1.165) is 0 Å². The Labute approximate surface area is 134 Å². The Morgan fingerprint density at radius 2 is 2.00 bits per heavy atom. The third kappa shape index (κ3) is 3.88. The van der Waals surface area contributed by atoms with E-state index >= 15 is 0 Å². The number of anilines is 1. The first kappa shape index (κ1) is 17.0. The maximum Gasteiger partial charge on any atom is 0.266 e. The molecule has 2 aromatic rings. The van der Waals surface area contributed by atoms with Crippen LogP contribution in [-0.4, -0.2) is 16.6 Å².